The van der Waals surface area contributed by atoms with E-state index >= 15 is 0 Å². The van der Waals surface area contributed by atoms with Crippen molar-refractivity contribution < 1.29 is 13.6 Å². The van der Waals surface area contributed by atoms with E-state index in [4.69, 9.17) is 9.05 Å². The van der Waals surface area contributed by atoms with Gasteiger partial charge < -0.3 is 9.05 Å². The first kappa shape index (κ1) is 36.4. The molecule has 0 atom stereocenters. The van der Waals surface area contributed by atoms with Gasteiger partial charge in [-0.2, -0.15) is 0 Å². The molecular formula is C29H45BO3P. The van der Waals surface area contributed by atoms with Crippen LogP contribution in [-0.4, -0.2) is 28.8 Å². The average Bonchev–Trinajstić information content (AvgIpc) is 2.92. The van der Waals surface area contributed by atoms with Crippen LogP contribution >= 0.6 is 7.60 Å². The fourth-order valence-corrected chi connectivity index (χ4v) is 4.97. The smallest absolute Gasteiger partial charge is 0.312 e. The number of hydrogen-bond acceptors (Lipinski definition) is 3. The summed E-state index contributed by atoms with van der Waals surface area (Å²) in [6.45, 7) is 12.0. The highest BCUT2D eigenvalue weighted by Gasteiger charge is 2.43. The first-order chi connectivity index (χ1) is 15.6. The van der Waals surface area contributed by atoms with Gasteiger partial charge in [0.05, 0.1) is 11.6 Å². The van der Waals surface area contributed by atoms with Gasteiger partial charge in [-0.1, -0.05) is 140 Å². The maximum atomic E-state index is 13.2. The van der Waals surface area contributed by atoms with E-state index < -0.39 is 13.0 Å². The predicted molar refractivity (Wildman–Crippen MR) is 152 cm³/mol. The first-order valence-electron chi connectivity index (χ1n) is 11.5. The summed E-state index contributed by atoms with van der Waals surface area (Å²) in [4.78, 5) is 0. The summed E-state index contributed by atoms with van der Waals surface area (Å²) in [5.41, 5.74) is 2.50. The number of rotatable bonds is 7. The Balaban J connectivity index is -0.00000111. The fourth-order valence-electron chi connectivity index (χ4n) is 3.44. The molecule has 34 heavy (non-hydrogen) atoms. The zero-order chi connectivity index (χ0) is 24.5. The van der Waals surface area contributed by atoms with Gasteiger partial charge in [0, 0.05) is 22.6 Å². The van der Waals surface area contributed by atoms with Crippen molar-refractivity contribution in [1.29, 1.82) is 0 Å². The number of benzene rings is 3. The van der Waals surface area contributed by atoms with Crippen LogP contribution in [0.25, 0.3) is 0 Å². The molecule has 0 aliphatic carbocycles. The Hall–Kier alpha value is -2.13. The summed E-state index contributed by atoms with van der Waals surface area (Å²) in [6.07, 6.45) is 0.213. The molecular weight excluding hydrogens is 438 g/mol. The van der Waals surface area contributed by atoms with Gasteiger partial charge in [0.25, 0.3) is 0 Å². The van der Waals surface area contributed by atoms with E-state index in [0.717, 1.165) is 16.7 Å². The molecule has 187 valence electrons. The Bertz CT molecular complexity index is 767. The van der Waals surface area contributed by atoms with E-state index in [-0.39, 0.29) is 22.0 Å². The topological polar surface area (TPSA) is 35.5 Å². The van der Waals surface area contributed by atoms with Crippen LogP contribution < -0.4 is 0 Å². The lowest BCUT2D eigenvalue weighted by atomic mass is 9.71. The molecule has 0 heterocycles. The van der Waals surface area contributed by atoms with Crippen molar-refractivity contribution in [2.24, 2.45) is 0 Å². The fraction of sp³-hybridized carbons (Fsp3) is 0.379. The van der Waals surface area contributed by atoms with E-state index in [1.807, 2.05) is 96.1 Å². The molecule has 0 saturated heterocycles. The maximum absolute atomic E-state index is 13.2. The SMILES string of the molecule is C.CC.CC.CC.COP(=O)(CC(c1ccccc1)(c1ccccc1)c1ccccc1)OC.[B]. The summed E-state index contributed by atoms with van der Waals surface area (Å²) >= 11 is 0. The van der Waals surface area contributed by atoms with Crippen LogP contribution in [0.15, 0.2) is 91.0 Å². The molecule has 0 aromatic heterocycles. The van der Waals surface area contributed by atoms with Gasteiger partial charge in [-0.3, -0.25) is 4.57 Å². The highest BCUT2D eigenvalue weighted by atomic mass is 31.2. The largest absolute Gasteiger partial charge is 0.331 e. The van der Waals surface area contributed by atoms with Gasteiger partial charge in [0.2, 0.25) is 0 Å². The highest BCUT2D eigenvalue weighted by molar-refractivity contribution is 7.53. The molecule has 0 unspecified atom stereocenters. The quantitative estimate of drug-likeness (QED) is 0.191. The van der Waals surface area contributed by atoms with Crippen LogP contribution in [0.3, 0.4) is 0 Å². The Morgan fingerprint density at radius 3 is 1.03 bits per heavy atom. The minimum Gasteiger partial charge on any atom is -0.312 e. The van der Waals surface area contributed by atoms with E-state index in [9.17, 15) is 4.57 Å². The lowest BCUT2D eigenvalue weighted by molar-refractivity contribution is 0.271. The van der Waals surface area contributed by atoms with Gasteiger partial charge in [0.15, 0.2) is 0 Å². The third kappa shape index (κ3) is 9.26. The van der Waals surface area contributed by atoms with E-state index in [0.29, 0.717) is 0 Å². The molecule has 0 spiro atoms. The van der Waals surface area contributed by atoms with E-state index in [2.05, 4.69) is 36.4 Å². The minimum atomic E-state index is -3.30. The molecule has 0 saturated carbocycles. The van der Waals surface area contributed by atoms with Gasteiger partial charge in [0.1, 0.15) is 0 Å². The molecule has 3 radical (unpaired) electrons. The van der Waals surface area contributed by atoms with E-state index in [1.165, 1.54) is 14.2 Å². The molecule has 3 aromatic carbocycles. The van der Waals surface area contributed by atoms with Gasteiger partial charge in [-0.25, -0.2) is 0 Å². The zero-order valence-electron chi connectivity index (χ0n) is 21.6. The van der Waals surface area contributed by atoms with Gasteiger partial charge >= 0.3 is 7.60 Å². The maximum Gasteiger partial charge on any atom is 0.331 e. The lowest BCUT2D eigenvalue weighted by Gasteiger charge is -2.37. The molecule has 0 bridgehead atoms. The molecule has 3 aromatic rings. The Morgan fingerprint density at radius 1 is 0.588 bits per heavy atom. The summed E-state index contributed by atoms with van der Waals surface area (Å²) in [5, 5.41) is 0. The lowest BCUT2D eigenvalue weighted by Crippen LogP contribution is -2.34. The third-order valence-electron chi connectivity index (χ3n) is 4.79. The second kappa shape index (κ2) is 20.3. The Labute approximate surface area is 212 Å². The third-order valence-corrected chi connectivity index (χ3v) is 6.76. The zero-order valence-corrected chi connectivity index (χ0v) is 22.5. The molecule has 0 aliphatic heterocycles. The number of hydrogen-bond donors (Lipinski definition) is 0. The highest BCUT2D eigenvalue weighted by Crippen LogP contribution is 2.55. The predicted octanol–water partition coefficient (Wildman–Crippen LogP) is 8.84. The molecule has 3 nitrogen and oxygen atoms in total. The molecule has 0 amide bonds. The molecule has 0 aliphatic rings. The van der Waals surface area contributed by atoms with Crippen molar-refractivity contribution in [2.45, 2.75) is 54.4 Å². The van der Waals surface area contributed by atoms with Gasteiger partial charge in [-0.05, 0) is 16.7 Å². The van der Waals surface area contributed by atoms with Crippen LogP contribution in [0.2, 0.25) is 0 Å². The van der Waals surface area contributed by atoms with Crippen LogP contribution in [0.1, 0.15) is 65.7 Å². The van der Waals surface area contributed by atoms with E-state index in [1.54, 1.807) is 0 Å². The summed E-state index contributed by atoms with van der Waals surface area (Å²) in [6, 6.07) is 30.3. The average molecular weight is 483 g/mol. The standard InChI is InChI=1S/C22H23O3P.3C2H6.CH4.B/c1-24-26(23,25-2)18-22(19-12-6-3-7-13-19,20-14-8-4-9-15-20)21-16-10-5-11-17-21;3*1-2;;/h3-17H,18H2,1-2H3;3*1-2H3;1H4;. The van der Waals surface area contributed by atoms with Crippen LogP contribution in [0.4, 0.5) is 0 Å². The first-order valence-corrected chi connectivity index (χ1v) is 13.2. The summed E-state index contributed by atoms with van der Waals surface area (Å²) in [5.74, 6) is 0. The second-order valence-electron chi connectivity index (χ2n) is 6.14. The second-order valence-corrected chi connectivity index (χ2v) is 8.41. The molecule has 0 fully saturated rings. The minimum absolute atomic E-state index is 0. The summed E-state index contributed by atoms with van der Waals surface area (Å²) < 4.78 is 23.9. The van der Waals surface area contributed by atoms with Crippen molar-refractivity contribution in [3.63, 3.8) is 0 Å². The Kier molecular flexibility index (Phi) is 21.7. The normalized spacial score (nSPS) is 9.76. The van der Waals surface area contributed by atoms with Crippen molar-refractivity contribution in [3.8, 4) is 0 Å². The van der Waals surface area contributed by atoms with Crippen LogP contribution in [0, 0.1) is 0 Å². The van der Waals surface area contributed by atoms with Crippen LogP contribution in [0.5, 0.6) is 0 Å². The van der Waals surface area contributed by atoms with Crippen molar-refractivity contribution >= 4 is 16.0 Å². The summed E-state index contributed by atoms with van der Waals surface area (Å²) in [7, 11) is -0.418. The van der Waals surface area contributed by atoms with Gasteiger partial charge in [-0.15, -0.1) is 0 Å². The van der Waals surface area contributed by atoms with Crippen molar-refractivity contribution in [2.75, 3.05) is 20.4 Å². The molecule has 3 rings (SSSR count). The molecule has 5 heteroatoms. The monoisotopic (exact) mass is 483 g/mol. The van der Waals surface area contributed by atoms with Crippen LogP contribution in [-0.2, 0) is 19.0 Å². The Morgan fingerprint density at radius 2 is 0.824 bits per heavy atom. The van der Waals surface area contributed by atoms with Crippen molar-refractivity contribution in [3.05, 3.63) is 108 Å². The molecule has 0 N–H and O–H groups in total. The van der Waals surface area contributed by atoms with Crippen molar-refractivity contribution in [1.82, 2.24) is 0 Å².